The Labute approximate surface area is 210 Å². The SMILES string of the molecule is CC(C(=O)NC12CC(NC(=O)OC(C)(C)C)(C1)C2)[C@H]1[C@@H]2C[C@@H](Oc3ccnc4ccc(F)cc34)C[C@@H]21. The summed E-state index contributed by atoms with van der Waals surface area (Å²) in [5, 5.41) is 6.98. The maximum absolute atomic E-state index is 13.8. The van der Waals surface area contributed by atoms with Gasteiger partial charge in [0.05, 0.1) is 17.2 Å². The highest BCUT2D eigenvalue weighted by molar-refractivity contribution is 5.85. The maximum Gasteiger partial charge on any atom is 0.408 e. The summed E-state index contributed by atoms with van der Waals surface area (Å²) in [5.41, 5.74) is -0.199. The minimum absolute atomic E-state index is 0.0411. The molecule has 36 heavy (non-hydrogen) atoms. The lowest BCUT2D eigenvalue weighted by Gasteiger charge is -2.70. The first kappa shape index (κ1) is 23.5. The Bertz CT molecular complexity index is 1210. The van der Waals surface area contributed by atoms with Crippen molar-refractivity contribution in [2.24, 2.45) is 23.7 Å². The molecule has 2 amide bonds. The first-order valence-corrected chi connectivity index (χ1v) is 13.0. The van der Waals surface area contributed by atoms with Crippen molar-refractivity contribution in [1.29, 1.82) is 0 Å². The van der Waals surface area contributed by atoms with Gasteiger partial charge in [-0.05, 0) is 94.9 Å². The Morgan fingerprint density at radius 2 is 1.75 bits per heavy atom. The van der Waals surface area contributed by atoms with Crippen LogP contribution in [0.15, 0.2) is 30.5 Å². The van der Waals surface area contributed by atoms with Gasteiger partial charge in [-0.25, -0.2) is 9.18 Å². The molecule has 5 atom stereocenters. The zero-order chi connectivity index (χ0) is 25.5. The number of aromatic nitrogens is 1. The Morgan fingerprint density at radius 3 is 2.42 bits per heavy atom. The van der Waals surface area contributed by atoms with Gasteiger partial charge in [-0.1, -0.05) is 6.92 Å². The van der Waals surface area contributed by atoms with E-state index in [1.54, 1.807) is 18.3 Å². The molecule has 5 saturated carbocycles. The summed E-state index contributed by atoms with van der Waals surface area (Å²) < 4.78 is 25.4. The largest absolute Gasteiger partial charge is 0.490 e. The number of hydrogen-bond acceptors (Lipinski definition) is 5. The van der Waals surface area contributed by atoms with E-state index in [9.17, 15) is 14.0 Å². The van der Waals surface area contributed by atoms with Gasteiger partial charge in [0.15, 0.2) is 0 Å². The average Bonchev–Trinajstić information content (AvgIpc) is 3.24. The highest BCUT2D eigenvalue weighted by Crippen LogP contribution is 2.63. The summed E-state index contributed by atoms with van der Waals surface area (Å²) in [5.74, 6) is 1.82. The van der Waals surface area contributed by atoms with Gasteiger partial charge in [-0.2, -0.15) is 0 Å². The van der Waals surface area contributed by atoms with Crippen molar-refractivity contribution >= 4 is 22.9 Å². The van der Waals surface area contributed by atoms with Crippen LogP contribution in [-0.4, -0.2) is 39.8 Å². The third-order valence-electron chi connectivity index (χ3n) is 8.60. The first-order chi connectivity index (χ1) is 16.9. The van der Waals surface area contributed by atoms with Crippen molar-refractivity contribution in [1.82, 2.24) is 15.6 Å². The molecule has 1 aromatic carbocycles. The highest BCUT2D eigenvalue weighted by atomic mass is 19.1. The molecule has 1 aromatic heterocycles. The lowest BCUT2D eigenvalue weighted by molar-refractivity contribution is -0.144. The summed E-state index contributed by atoms with van der Waals surface area (Å²) in [7, 11) is 0. The molecule has 2 bridgehead atoms. The van der Waals surface area contributed by atoms with Crippen molar-refractivity contribution in [3.8, 4) is 5.75 Å². The molecule has 7 rings (SSSR count). The number of nitrogens with zero attached hydrogens (tertiary/aromatic N) is 1. The van der Waals surface area contributed by atoms with Crippen LogP contribution >= 0.6 is 0 Å². The van der Waals surface area contributed by atoms with Crippen LogP contribution in [0.25, 0.3) is 10.9 Å². The summed E-state index contributed by atoms with van der Waals surface area (Å²) in [4.78, 5) is 29.5. The summed E-state index contributed by atoms with van der Waals surface area (Å²) in [6, 6.07) is 6.35. The number of nitrogens with one attached hydrogen (secondary N) is 2. The molecule has 5 fully saturated rings. The smallest absolute Gasteiger partial charge is 0.408 e. The maximum atomic E-state index is 13.8. The second kappa shape index (κ2) is 7.80. The molecule has 2 N–H and O–H groups in total. The van der Waals surface area contributed by atoms with Crippen LogP contribution in [0.1, 0.15) is 59.8 Å². The topological polar surface area (TPSA) is 89.6 Å². The number of ether oxygens (including phenoxy) is 2. The lowest BCUT2D eigenvalue weighted by Crippen LogP contribution is -2.84. The monoisotopic (exact) mass is 495 g/mol. The van der Waals surface area contributed by atoms with Crippen molar-refractivity contribution in [3.63, 3.8) is 0 Å². The predicted molar refractivity (Wildman–Crippen MR) is 132 cm³/mol. The number of carbonyl (C=O) groups excluding carboxylic acids is 2. The van der Waals surface area contributed by atoms with Crippen molar-refractivity contribution in [2.75, 3.05) is 0 Å². The number of benzene rings is 1. The lowest BCUT2D eigenvalue weighted by atomic mass is 9.44. The van der Waals surface area contributed by atoms with Gasteiger partial charge < -0.3 is 20.1 Å². The minimum Gasteiger partial charge on any atom is -0.490 e. The molecule has 0 radical (unpaired) electrons. The second-order valence-electron chi connectivity index (χ2n) is 12.6. The standard InChI is InChI=1S/C28H34FN3O4/c1-15(24(33)31-27-12-28(13-27,14-27)32-25(34)36-26(2,3)4)23-18-10-17(11-19(18)23)35-22-7-8-30-21-6-5-16(29)9-20(21)22/h5-9,15,17-19,23H,10-14H2,1-4H3,(H,31,33)(H,32,34)/t15?,17-,18-,19+,23+,27?,28?. The van der Waals surface area contributed by atoms with Crippen molar-refractivity contribution < 1.29 is 23.5 Å². The molecule has 192 valence electrons. The van der Waals surface area contributed by atoms with E-state index in [1.807, 2.05) is 27.7 Å². The Balaban J connectivity index is 0.980. The number of fused-ring (bicyclic) bond motifs is 2. The van der Waals surface area contributed by atoms with Crippen LogP contribution < -0.4 is 15.4 Å². The van der Waals surface area contributed by atoms with Crippen LogP contribution in [-0.2, 0) is 9.53 Å². The van der Waals surface area contributed by atoms with Crippen LogP contribution in [0.3, 0.4) is 0 Å². The summed E-state index contributed by atoms with van der Waals surface area (Å²) in [6.45, 7) is 7.58. The molecule has 1 unspecified atom stereocenters. The molecule has 2 aromatic rings. The second-order valence-corrected chi connectivity index (χ2v) is 12.6. The third-order valence-corrected chi connectivity index (χ3v) is 8.60. The van der Waals surface area contributed by atoms with Crippen molar-refractivity contribution in [2.45, 2.75) is 82.6 Å². The molecule has 0 spiro atoms. The molecule has 0 saturated heterocycles. The van der Waals surface area contributed by atoms with Crippen LogP contribution in [0.2, 0.25) is 0 Å². The van der Waals surface area contributed by atoms with E-state index < -0.39 is 5.60 Å². The van der Waals surface area contributed by atoms with Crippen LogP contribution in [0.5, 0.6) is 5.75 Å². The van der Waals surface area contributed by atoms with Gasteiger partial charge in [0.2, 0.25) is 5.91 Å². The quantitative estimate of drug-likeness (QED) is 0.605. The van der Waals surface area contributed by atoms with Crippen molar-refractivity contribution in [3.05, 3.63) is 36.3 Å². The van der Waals surface area contributed by atoms with E-state index in [-0.39, 0.29) is 40.9 Å². The van der Waals surface area contributed by atoms with E-state index in [0.29, 0.717) is 28.9 Å². The van der Waals surface area contributed by atoms with E-state index in [4.69, 9.17) is 9.47 Å². The number of carbonyl (C=O) groups is 2. The van der Waals surface area contributed by atoms with Crippen LogP contribution in [0, 0.1) is 29.5 Å². The van der Waals surface area contributed by atoms with Gasteiger partial charge in [0, 0.05) is 23.0 Å². The first-order valence-electron chi connectivity index (χ1n) is 13.0. The van der Waals surface area contributed by atoms with E-state index in [2.05, 4.69) is 15.6 Å². The molecule has 1 heterocycles. The molecule has 5 aliphatic rings. The number of halogens is 1. The molecule has 0 aliphatic heterocycles. The van der Waals surface area contributed by atoms with E-state index >= 15 is 0 Å². The molecular weight excluding hydrogens is 461 g/mol. The van der Waals surface area contributed by atoms with Gasteiger partial charge >= 0.3 is 6.09 Å². The summed E-state index contributed by atoms with van der Waals surface area (Å²) in [6.07, 6.45) is 5.53. The number of rotatable bonds is 6. The zero-order valence-electron chi connectivity index (χ0n) is 21.3. The fraction of sp³-hybridized carbons (Fsp3) is 0.607. The van der Waals surface area contributed by atoms with Gasteiger partial charge in [-0.3, -0.25) is 9.78 Å². The fourth-order valence-electron chi connectivity index (χ4n) is 7.18. The van der Waals surface area contributed by atoms with E-state index in [0.717, 1.165) is 37.6 Å². The van der Waals surface area contributed by atoms with E-state index in [1.165, 1.54) is 12.1 Å². The number of alkyl carbamates (subject to hydrolysis) is 1. The Morgan fingerprint density at radius 1 is 1.08 bits per heavy atom. The number of hydrogen-bond donors (Lipinski definition) is 2. The number of pyridine rings is 1. The third kappa shape index (κ3) is 4.08. The average molecular weight is 496 g/mol. The minimum atomic E-state index is -0.522. The molecule has 7 nitrogen and oxygen atoms in total. The van der Waals surface area contributed by atoms with Crippen LogP contribution in [0.4, 0.5) is 9.18 Å². The zero-order valence-corrected chi connectivity index (χ0v) is 21.3. The molecule has 5 aliphatic carbocycles. The van der Waals surface area contributed by atoms with Gasteiger partial charge in [-0.15, -0.1) is 0 Å². The fourth-order valence-corrected chi connectivity index (χ4v) is 7.18. The highest BCUT2D eigenvalue weighted by Gasteiger charge is 2.70. The number of amides is 2. The Kier molecular flexibility index (Phi) is 5.09. The van der Waals surface area contributed by atoms with Gasteiger partial charge in [0.25, 0.3) is 0 Å². The normalized spacial score (nSPS) is 34.6. The van der Waals surface area contributed by atoms with Gasteiger partial charge in [0.1, 0.15) is 17.2 Å². The molecule has 8 heteroatoms. The predicted octanol–water partition coefficient (Wildman–Crippen LogP) is 4.73. The summed E-state index contributed by atoms with van der Waals surface area (Å²) >= 11 is 0. The Hall–Kier alpha value is -2.90. The molecular formula is C28H34FN3O4.